The lowest BCUT2D eigenvalue weighted by Gasteiger charge is -2.34. The number of halogens is 4. The molecule has 2 amide bonds. The van der Waals surface area contributed by atoms with Crippen LogP contribution in [-0.4, -0.2) is 50.5 Å². The molecular weight excluding hydrogens is 420 g/mol. The Morgan fingerprint density at radius 1 is 1.39 bits per heavy atom. The summed E-state index contributed by atoms with van der Waals surface area (Å²) in [7, 11) is 0. The lowest BCUT2D eigenvalue weighted by molar-refractivity contribution is -0.173. The molecule has 0 aliphatic carbocycles. The lowest BCUT2D eigenvalue weighted by Crippen LogP contribution is -2.41. The molecule has 2 fully saturated rings. The van der Waals surface area contributed by atoms with Gasteiger partial charge >= 0.3 is 18.2 Å². The Kier molecular flexibility index (Phi) is 6.38. The molecule has 2 atom stereocenters. The number of allylic oxidation sites excluding steroid dienone is 1. The molecule has 2 aliphatic rings. The van der Waals surface area contributed by atoms with E-state index in [-0.39, 0.29) is 18.2 Å². The maximum atomic E-state index is 14.8. The minimum Gasteiger partial charge on any atom is -0.442 e. The fraction of sp³-hybridized carbons (Fsp3) is 0.450. The number of hydrogen-bond donors (Lipinski definition) is 1. The predicted molar refractivity (Wildman–Crippen MR) is 103 cm³/mol. The zero-order chi connectivity index (χ0) is 22.8. The van der Waals surface area contributed by atoms with E-state index >= 15 is 0 Å². The van der Waals surface area contributed by atoms with E-state index in [2.05, 4.69) is 0 Å². The molecule has 11 heteroatoms. The summed E-state index contributed by atoms with van der Waals surface area (Å²) in [5.74, 6) is -2.59. The molecule has 3 rings (SSSR count). The van der Waals surface area contributed by atoms with Crippen molar-refractivity contribution in [2.24, 2.45) is 5.92 Å². The van der Waals surface area contributed by atoms with Crippen molar-refractivity contribution in [3.63, 3.8) is 0 Å². The minimum absolute atomic E-state index is 0.0914. The number of amides is 2. The van der Waals surface area contributed by atoms with E-state index in [1.54, 1.807) is 5.32 Å². The average molecular weight is 440 g/mol. The van der Waals surface area contributed by atoms with Crippen LogP contribution in [0.1, 0.15) is 13.3 Å². The van der Waals surface area contributed by atoms with Gasteiger partial charge in [-0.05, 0) is 30.5 Å². The van der Waals surface area contributed by atoms with Crippen LogP contribution in [0.15, 0.2) is 29.8 Å². The van der Waals surface area contributed by atoms with Gasteiger partial charge in [-0.2, -0.15) is 18.4 Å². The van der Waals surface area contributed by atoms with Crippen LogP contribution < -0.4 is 15.1 Å². The highest BCUT2D eigenvalue weighted by Crippen LogP contribution is 2.32. The van der Waals surface area contributed by atoms with E-state index in [0.29, 0.717) is 25.2 Å². The van der Waals surface area contributed by atoms with Gasteiger partial charge in [0.25, 0.3) is 0 Å². The van der Waals surface area contributed by atoms with Crippen molar-refractivity contribution < 1.29 is 31.9 Å². The van der Waals surface area contributed by atoms with Gasteiger partial charge in [-0.25, -0.2) is 9.18 Å². The molecule has 1 aromatic carbocycles. The van der Waals surface area contributed by atoms with Gasteiger partial charge in [-0.3, -0.25) is 9.69 Å². The van der Waals surface area contributed by atoms with Gasteiger partial charge in [-0.15, -0.1) is 0 Å². The van der Waals surface area contributed by atoms with Crippen molar-refractivity contribution in [3.8, 4) is 6.07 Å². The SMILES string of the molecule is CC1CN(c2ccc(N3C[C@H](CNC(=O)C(F)(F)F)OC3=O)cc2F)CC/C1=C/C#N. The van der Waals surface area contributed by atoms with Crippen LogP contribution in [0.2, 0.25) is 0 Å². The van der Waals surface area contributed by atoms with Crippen LogP contribution in [0, 0.1) is 23.1 Å². The van der Waals surface area contributed by atoms with Gasteiger partial charge in [-0.1, -0.05) is 12.5 Å². The molecule has 1 N–H and O–H groups in total. The van der Waals surface area contributed by atoms with Crippen molar-refractivity contribution in [1.29, 1.82) is 5.26 Å². The number of hydrogen-bond acceptors (Lipinski definition) is 5. The zero-order valence-electron chi connectivity index (χ0n) is 16.6. The van der Waals surface area contributed by atoms with Gasteiger partial charge in [0.1, 0.15) is 11.9 Å². The first-order valence-corrected chi connectivity index (χ1v) is 9.56. The van der Waals surface area contributed by atoms with Gasteiger partial charge in [0.05, 0.1) is 30.5 Å². The van der Waals surface area contributed by atoms with Crippen molar-refractivity contribution in [3.05, 3.63) is 35.7 Å². The molecule has 7 nitrogen and oxygen atoms in total. The van der Waals surface area contributed by atoms with Crippen molar-refractivity contribution in [2.75, 3.05) is 36.0 Å². The van der Waals surface area contributed by atoms with Crippen molar-refractivity contribution in [1.82, 2.24) is 5.32 Å². The molecule has 31 heavy (non-hydrogen) atoms. The van der Waals surface area contributed by atoms with Crippen LogP contribution in [0.4, 0.5) is 33.7 Å². The molecule has 0 aromatic heterocycles. The number of carbonyl (C=O) groups is 2. The summed E-state index contributed by atoms with van der Waals surface area (Å²) in [6, 6.07) is 6.24. The van der Waals surface area contributed by atoms with Gasteiger partial charge in [0.2, 0.25) is 0 Å². The standard InChI is InChI=1S/C20H20F4N4O3/c1-12-10-27(7-5-13(12)4-6-25)17-3-2-14(8-16(17)21)28-11-15(31-19(28)30)9-26-18(29)20(22,23)24/h2-4,8,12,15H,5,7,9-11H2,1H3,(H,26,29)/b13-4-/t12?,15-/m0/s1. The van der Waals surface area contributed by atoms with E-state index in [1.807, 2.05) is 17.9 Å². The van der Waals surface area contributed by atoms with Crippen molar-refractivity contribution in [2.45, 2.75) is 25.6 Å². The second-order valence-corrected chi connectivity index (χ2v) is 7.41. The molecule has 0 radical (unpaired) electrons. The summed E-state index contributed by atoms with van der Waals surface area (Å²) in [4.78, 5) is 25.9. The number of piperidine rings is 1. The number of cyclic esters (lactones) is 1. The number of ether oxygens (including phenoxy) is 1. The maximum Gasteiger partial charge on any atom is 0.471 e. The van der Waals surface area contributed by atoms with Crippen LogP contribution >= 0.6 is 0 Å². The summed E-state index contributed by atoms with van der Waals surface area (Å²) in [6.07, 6.45) is -4.70. The topological polar surface area (TPSA) is 85.7 Å². The van der Waals surface area contributed by atoms with Crippen LogP contribution in [0.5, 0.6) is 0 Å². The van der Waals surface area contributed by atoms with Crippen LogP contribution in [-0.2, 0) is 9.53 Å². The molecule has 2 aliphatic heterocycles. The third-order valence-corrected chi connectivity index (χ3v) is 5.25. The molecule has 2 heterocycles. The summed E-state index contributed by atoms with van der Waals surface area (Å²) in [5.41, 5.74) is 1.57. The number of nitriles is 1. The van der Waals surface area contributed by atoms with E-state index in [4.69, 9.17) is 10.00 Å². The number of carbonyl (C=O) groups excluding carboxylic acids is 2. The van der Waals surface area contributed by atoms with E-state index in [9.17, 15) is 27.2 Å². The Morgan fingerprint density at radius 2 is 2.13 bits per heavy atom. The first-order chi connectivity index (χ1) is 14.6. The highest BCUT2D eigenvalue weighted by Gasteiger charge is 2.40. The molecule has 2 saturated heterocycles. The number of rotatable bonds is 4. The Bertz CT molecular complexity index is 941. The molecule has 0 spiro atoms. The number of alkyl halides is 3. The first-order valence-electron chi connectivity index (χ1n) is 9.56. The Morgan fingerprint density at radius 3 is 2.74 bits per heavy atom. The fourth-order valence-electron chi connectivity index (χ4n) is 3.63. The Labute approximate surface area is 175 Å². The van der Waals surface area contributed by atoms with Gasteiger partial charge in [0, 0.05) is 19.2 Å². The summed E-state index contributed by atoms with van der Waals surface area (Å²) < 4.78 is 56.6. The first kappa shape index (κ1) is 22.4. The number of benzene rings is 1. The molecule has 0 bridgehead atoms. The lowest BCUT2D eigenvalue weighted by atomic mass is 9.92. The smallest absolute Gasteiger partial charge is 0.442 e. The number of nitrogens with one attached hydrogen (secondary N) is 1. The highest BCUT2D eigenvalue weighted by atomic mass is 19.4. The average Bonchev–Trinajstić information content (AvgIpc) is 3.07. The number of nitrogens with zero attached hydrogens (tertiary/aromatic N) is 3. The zero-order valence-corrected chi connectivity index (χ0v) is 16.6. The van der Waals surface area contributed by atoms with E-state index in [1.165, 1.54) is 24.3 Å². The maximum absolute atomic E-state index is 14.8. The quantitative estimate of drug-likeness (QED) is 0.575. The van der Waals surface area contributed by atoms with E-state index in [0.717, 1.165) is 10.5 Å². The number of anilines is 2. The van der Waals surface area contributed by atoms with E-state index < -0.39 is 36.6 Å². The molecule has 166 valence electrons. The molecule has 0 saturated carbocycles. The van der Waals surface area contributed by atoms with Crippen LogP contribution in [0.25, 0.3) is 0 Å². The normalized spacial score (nSPS) is 23.0. The van der Waals surface area contributed by atoms with Crippen LogP contribution in [0.3, 0.4) is 0 Å². The highest BCUT2D eigenvalue weighted by molar-refractivity contribution is 5.90. The van der Waals surface area contributed by atoms with Crippen molar-refractivity contribution >= 4 is 23.4 Å². The summed E-state index contributed by atoms with van der Waals surface area (Å²) in [5, 5.41) is 10.5. The largest absolute Gasteiger partial charge is 0.471 e. The van der Waals surface area contributed by atoms with Gasteiger partial charge in [0.15, 0.2) is 0 Å². The Balaban J connectivity index is 1.65. The molecule has 1 unspecified atom stereocenters. The minimum atomic E-state index is -5.03. The monoisotopic (exact) mass is 440 g/mol. The second-order valence-electron chi connectivity index (χ2n) is 7.41. The third kappa shape index (κ3) is 5.07. The third-order valence-electron chi connectivity index (χ3n) is 5.25. The molecule has 1 aromatic rings. The molecular formula is C20H20F4N4O3. The predicted octanol–water partition coefficient (Wildman–Crippen LogP) is 3.13. The van der Waals surface area contributed by atoms with Gasteiger partial charge < -0.3 is 15.0 Å². The summed E-state index contributed by atoms with van der Waals surface area (Å²) >= 11 is 0. The summed E-state index contributed by atoms with van der Waals surface area (Å²) in [6.45, 7) is 2.40. The second kappa shape index (κ2) is 8.83. The Hall–Kier alpha value is -3.29. The fourth-order valence-corrected chi connectivity index (χ4v) is 3.63.